The van der Waals surface area contributed by atoms with Crippen LogP contribution >= 0.6 is 22.6 Å². The predicted molar refractivity (Wildman–Crippen MR) is 92.7 cm³/mol. The molecule has 4 N–H and O–H groups in total. The van der Waals surface area contributed by atoms with Crippen molar-refractivity contribution < 1.29 is 8.42 Å². The second-order valence-electron chi connectivity index (χ2n) is 4.57. The summed E-state index contributed by atoms with van der Waals surface area (Å²) in [4.78, 5) is 3.14. The number of sulfonamides is 1. The monoisotopic (exact) mass is 413 g/mol. The van der Waals surface area contributed by atoms with Crippen molar-refractivity contribution in [1.82, 2.24) is 4.98 Å². The molecule has 0 fully saturated rings. The number of nitrogen functional groups attached to an aromatic ring is 1. The molecule has 0 saturated heterocycles. The molecule has 108 valence electrons. The Kier molecular flexibility index (Phi) is 3.54. The number of nitrogens with two attached hydrogens (primary N) is 1. The van der Waals surface area contributed by atoms with Crippen molar-refractivity contribution in [1.29, 1.82) is 0 Å². The Morgan fingerprint density at radius 1 is 1.14 bits per heavy atom. The van der Waals surface area contributed by atoms with Gasteiger partial charge in [-0.15, -0.1) is 0 Å². The van der Waals surface area contributed by atoms with Crippen molar-refractivity contribution >= 4 is 54.9 Å². The lowest BCUT2D eigenvalue weighted by Gasteiger charge is -2.07. The third-order valence-corrected chi connectivity index (χ3v) is 5.13. The first kappa shape index (κ1) is 14.2. The molecule has 1 heterocycles. The van der Waals surface area contributed by atoms with Crippen molar-refractivity contribution in [3.63, 3.8) is 0 Å². The Morgan fingerprint density at radius 3 is 2.71 bits per heavy atom. The number of anilines is 2. The summed E-state index contributed by atoms with van der Waals surface area (Å²) in [5.41, 5.74) is 7.51. The summed E-state index contributed by atoms with van der Waals surface area (Å²) in [7, 11) is -3.65. The molecule has 0 radical (unpaired) electrons. The van der Waals surface area contributed by atoms with Gasteiger partial charge in [0, 0.05) is 32.0 Å². The number of H-pyrrole nitrogens is 1. The molecule has 3 rings (SSSR count). The van der Waals surface area contributed by atoms with Gasteiger partial charge in [-0.05, 0) is 59.0 Å². The maximum Gasteiger partial charge on any atom is 0.264 e. The van der Waals surface area contributed by atoms with Gasteiger partial charge in [-0.1, -0.05) is 6.07 Å². The fourth-order valence-corrected chi connectivity index (χ4v) is 3.87. The number of aromatic amines is 1. The highest BCUT2D eigenvalue weighted by Gasteiger charge is 2.19. The van der Waals surface area contributed by atoms with E-state index < -0.39 is 10.0 Å². The quantitative estimate of drug-likeness (QED) is 0.456. The third kappa shape index (κ3) is 2.84. The van der Waals surface area contributed by atoms with Gasteiger partial charge in [0.15, 0.2) is 0 Å². The highest BCUT2D eigenvalue weighted by atomic mass is 127. The maximum absolute atomic E-state index is 12.5. The fraction of sp³-hybridized carbons (Fsp3) is 0. The number of benzene rings is 2. The lowest BCUT2D eigenvalue weighted by Crippen LogP contribution is -2.12. The second-order valence-corrected chi connectivity index (χ2v) is 7.47. The van der Waals surface area contributed by atoms with Crippen molar-refractivity contribution in [3.05, 3.63) is 52.2 Å². The maximum atomic E-state index is 12.5. The van der Waals surface area contributed by atoms with Gasteiger partial charge < -0.3 is 10.7 Å². The largest absolute Gasteiger partial charge is 0.399 e. The van der Waals surface area contributed by atoms with Gasteiger partial charge in [0.25, 0.3) is 10.0 Å². The summed E-state index contributed by atoms with van der Waals surface area (Å²) in [5, 5.41) is 0.613. The van der Waals surface area contributed by atoms with Gasteiger partial charge in [-0.25, -0.2) is 8.42 Å². The lowest BCUT2D eigenvalue weighted by molar-refractivity contribution is 0.602. The van der Waals surface area contributed by atoms with Crippen molar-refractivity contribution in [2.75, 3.05) is 10.5 Å². The van der Waals surface area contributed by atoms with E-state index in [4.69, 9.17) is 5.73 Å². The number of halogens is 1. The van der Waals surface area contributed by atoms with Crippen LogP contribution in [0.25, 0.3) is 10.9 Å². The molecular weight excluding hydrogens is 401 g/mol. The Hall–Kier alpha value is -1.74. The molecule has 0 atom stereocenters. The Labute approximate surface area is 135 Å². The number of nitrogens with one attached hydrogen (secondary N) is 2. The van der Waals surface area contributed by atoms with Gasteiger partial charge in [0.2, 0.25) is 0 Å². The molecule has 21 heavy (non-hydrogen) atoms. The lowest BCUT2D eigenvalue weighted by atomic mass is 10.2. The minimum atomic E-state index is -3.65. The van der Waals surface area contributed by atoms with Crippen LogP contribution in [0.1, 0.15) is 0 Å². The van der Waals surface area contributed by atoms with E-state index in [1.165, 1.54) is 6.20 Å². The van der Waals surface area contributed by atoms with Crippen LogP contribution in [0.3, 0.4) is 0 Å². The van der Waals surface area contributed by atoms with E-state index in [-0.39, 0.29) is 4.90 Å². The zero-order valence-electron chi connectivity index (χ0n) is 10.8. The SMILES string of the molecule is Nc1ccc2c(S(=O)(=O)Nc3cccc(I)c3)c[nH]c2c1. The van der Waals surface area contributed by atoms with Crippen LogP contribution in [-0.4, -0.2) is 13.4 Å². The Bertz CT molecular complexity index is 919. The van der Waals surface area contributed by atoms with Crippen LogP contribution in [0.4, 0.5) is 11.4 Å². The molecule has 0 aliphatic carbocycles. The van der Waals surface area contributed by atoms with Crippen molar-refractivity contribution in [2.24, 2.45) is 0 Å². The van der Waals surface area contributed by atoms with Crippen LogP contribution in [0.15, 0.2) is 53.6 Å². The number of aromatic nitrogens is 1. The molecule has 7 heteroatoms. The first-order valence-corrected chi connectivity index (χ1v) is 8.67. The molecule has 0 amide bonds. The highest BCUT2D eigenvalue weighted by Crippen LogP contribution is 2.26. The molecule has 0 spiro atoms. The average Bonchev–Trinajstić information content (AvgIpc) is 2.81. The van der Waals surface area contributed by atoms with Crippen LogP contribution in [0.5, 0.6) is 0 Å². The summed E-state index contributed by atoms with van der Waals surface area (Å²) in [6.07, 6.45) is 1.47. The number of fused-ring (bicyclic) bond motifs is 1. The summed E-state index contributed by atoms with van der Waals surface area (Å²) in [6, 6.07) is 12.3. The molecule has 1 aromatic heterocycles. The molecule has 0 saturated carbocycles. The normalized spacial score (nSPS) is 11.7. The van der Waals surface area contributed by atoms with Crippen LogP contribution < -0.4 is 10.5 Å². The standard InChI is InChI=1S/C14H12IN3O2S/c15-9-2-1-3-11(6-9)18-21(19,20)14-8-17-13-7-10(16)4-5-12(13)14/h1-8,17-18H,16H2. The van der Waals surface area contributed by atoms with Gasteiger partial charge >= 0.3 is 0 Å². The highest BCUT2D eigenvalue weighted by molar-refractivity contribution is 14.1. The zero-order valence-corrected chi connectivity index (χ0v) is 13.8. The van der Waals surface area contributed by atoms with E-state index in [1.54, 1.807) is 36.4 Å². The smallest absolute Gasteiger partial charge is 0.264 e. The molecular formula is C14H12IN3O2S. The van der Waals surface area contributed by atoms with Gasteiger partial charge in [-0.2, -0.15) is 0 Å². The van der Waals surface area contributed by atoms with E-state index in [0.29, 0.717) is 22.3 Å². The number of hydrogen-bond donors (Lipinski definition) is 3. The third-order valence-electron chi connectivity index (χ3n) is 3.03. The van der Waals surface area contributed by atoms with E-state index in [1.807, 2.05) is 6.07 Å². The van der Waals surface area contributed by atoms with Crippen LogP contribution in [0, 0.1) is 3.57 Å². The molecule has 3 aromatic rings. The fourth-order valence-electron chi connectivity index (χ4n) is 2.10. The van der Waals surface area contributed by atoms with Crippen molar-refractivity contribution in [2.45, 2.75) is 4.90 Å². The van der Waals surface area contributed by atoms with Gasteiger partial charge in [0.05, 0.1) is 0 Å². The predicted octanol–water partition coefficient (Wildman–Crippen LogP) is 3.16. The van der Waals surface area contributed by atoms with Gasteiger partial charge in [-0.3, -0.25) is 4.72 Å². The summed E-state index contributed by atoms with van der Waals surface area (Å²) in [6.45, 7) is 0. The molecule has 0 bridgehead atoms. The number of rotatable bonds is 3. The zero-order chi connectivity index (χ0) is 15.0. The average molecular weight is 413 g/mol. The Balaban J connectivity index is 2.04. The summed E-state index contributed by atoms with van der Waals surface area (Å²) < 4.78 is 28.6. The van der Waals surface area contributed by atoms with Crippen molar-refractivity contribution in [3.8, 4) is 0 Å². The minimum Gasteiger partial charge on any atom is -0.399 e. The molecule has 2 aromatic carbocycles. The minimum absolute atomic E-state index is 0.205. The first-order valence-electron chi connectivity index (χ1n) is 6.11. The Morgan fingerprint density at radius 2 is 1.95 bits per heavy atom. The molecule has 0 unspecified atom stereocenters. The van der Waals surface area contributed by atoms with E-state index in [2.05, 4.69) is 32.3 Å². The molecule has 0 aliphatic rings. The topological polar surface area (TPSA) is 88.0 Å². The summed E-state index contributed by atoms with van der Waals surface area (Å²) in [5.74, 6) is 0. The summed E-state index contributed by atoms with van der Waals surface area (Å²) >= 11 is 2.13. The van der Waals surface area contributed by atoms with E-state index in [0.717, 1.165) is 3.57 Å². The number of hydrogen-bond acceptors (Lipinski definition) is 3. The second kappa shape index (κ2) is 5.23. The van der Waals surface area contributed by atoms with Crippen LogP contribution in [0.2, 0.25) is 0 Å². The molecule has 0 aliphatic heterocycles. The van der Waals surface area contributed by atoms with E-state index in [9.17, 15) is 8.42 Å². The van der Waals surface area contributed by atoms with E-state index >= 15 is 0 Å². The van der Waals surface area contributed by atoms with Crippen LogP contribution in [-0.2, 0) is 10.0 Å². The van der Waals surface area contributed by atoms with Gasteiger partial charge in [0.1, 0.15) is 4.90 Å². The molecule has 5 nitrogen and oxygen atoms in total. The first-order chi connectivity index (χ1) is 9.95.